The fraction of sp³-hybridized carbons (Fsp3) is 0.261. The summed E-state index contributed by atoms with van der Waals surface area (Å²) in [5, 5.41) is 2.43. The number of hydrogen-bond acceptors (Lipinski definition) is 6. The molecule has 0 unspecified atom stereocenters. The van der Waals surface area contributed by atoms with Crippen LogP contribution in [-0.4, -0.2) is 30.7 Å². The average Bonchev–Trinajstić information content (AvgIpc) is 2.70. The molecule has 7 heteroatoms. The van der Waals surface area contributed by atoms with E-state index in [0.29, 0.717) is 11.1 Å². The van der Waals surface area contributed by atoms with Crippen molar-refractivity contribution in [2.45, 2.75) is 33.0 Å². The van der Waals surface area contributed by atoms with Gasteiger partial charge in [-0.05, 0) is 50.1 Å². The zero-order valence-electron chi connectivity index (χ0n) is 17.4. The van der Waals surface area contributed by atoms with Gasteiger partial charge in [0, 0.05) is 0 Å². The van der Waals surface area contributed by atoms with Crippen LogP contribution in [0.1, 0.15) is 42.3 Å². The molecule has 0 aliphatic heterocycles. The van der Waals surface area contributed by atoms with Gasteiger partial charge in [-0.3, -0.25) is 5.32 Å². The van der Waals surface area contributed by atoms with Crippen LogP contribution in [0.4, 0.5) is 4.79 Å². The molecular formula is C23H25NO6. The van der Waals surface area contributed by atoms with Crippen molar-refractivity contribution < 1.29 is 28.6 Å². The maximum atomic E-state index is 12.6. The number of hydrogen-bond donors (Lipinski definition) is 1. The van der Waals surface area contributed by atoms with Crippen LogP contribution >= 0.6 is 0 Å². The summed E-state index contributed by atoms with van der Waals surface area (Å²) in [6.07, 6.45) is 0.610. The van der Waals surface area contributed by atoms with E-state index in [9.17, 15) is 14.4 Å². The zero-order valence-corrected chi connectivity index (χ0v) is 17.4. The number of methoxy groups -OCH3 is 1. The first-order valence-corrected chi connectivity index (χ1v) is 9.29. The molecule has 0 saturated carbocycles. The number of carbonyl (C=O) groups is 3. The van der Waals surface area contributed by atoms with E-state index in [1.165, 1.54) is 19.3 Å². The summed E-state index contributed by atoms with van der Waals surface area (Å²) < 4.78 is 15.3. The SMILES string of the molecule is COC(=O)c1cccc(C=C(NC(=O)OC(C)(C)C)C(=O)OCc2ccccc2)c1. The molecule has 30 heavy (non-hydrogen) atoms. The zero-order chi connectivity index (χ0) is 22.1. The van der Waals surface area contributed by atoms with Crippen molar-refractivity contribution in [1.82, 2.24) is 5.32 Å². The molecule has 158 valence electrons. The Morgan fingerprint density at radius 1 is 1.00 bits per heavy atom. The first-order valence-electron chi connectivity index (χ1n) is 9.29. The number of nitrogens with one attached hydrogen (secondary N) is 1. The highest BCUT2D eigenvalue weighted by Crippen LogP contribution is 2.13. The normalized spacial score (nSPS) is 11.4. The highest BCUT2D eigenvalue weighted by molar-refractivity contribution is 5.97. The Morgan fingerprint density at radius 2 is 1.70 bits per heavy atom. The molecule has 0 heterocycles. The topological polar surface area (TPSA) is 90.9 Å². The van der Waals surface area contributed by atoms with Gasteiger partial charge < -0.3 is 14.2 Å². The van der Waals surface area contributed by atoms with Crippen LogP contribution in [0.15, 0.2) is 60.3 Å². The molecule has 7 nitrogen and oxygen atoms in total. The van der Waals surface area contributed by atoms with Crippen molar-refractivity contribution in [2.75, 3.05) is 7.11 Å². The Hall–Kier alpha value is -3.61. The number of amides is 1. The van der Waals surface area contributed by atoms with Gasteiger partial charge >= 0.3 is 18.0 Å². The molecule has 2 rings (SSSR count). The maximum Gasteiger partial charge on any atom is 0.412 e. The van der Waals surface area contributed by atoms with Crippen molar-refractivity contribution in [3.8, 4) is 0 Å². The first-order chi connectivity index (χ1) is 14.2. The fourth-order valence-corrected chi connectivity index (χ4v) is 2.40. The molecule has 1 N–H and O–H groups in total. The summed E-state index contributed by atoms with van der Waals surface area (Å²) in [6, 6.07) is 15.6. The third kappa shape index (κ3) is 7.43. The second-order valence-corrected chi connectivity index (χ2v) is 7.36. The molecule has 0 fully saturated rings. The number of benzene rings is 2. The highest BCUT2D eigenvalue weighted by atomic mass is 16.6. The summed E-state index contributed by atoms with van der Waals surface area (Å²) >= 11 is 0. The molecule has 1 amide bonds. The second-order valence-electron chi connectivity index (χ2n) is 7.36. The Balaban J connectivity index is 2.25. The molecular weight excluding hydrogens is 386 g/mol. The van der Waals surface area contributed by atoms with Gasteiger partial charge in [-0.2, -0.15) is 0 Å². The van der Waals surface area contributed by atoms with Crippen LogP contribution in [0.25, 0.3) is 6.08 Å². The first kappa shape index (κ1) is 22.7. The van der Waals surface area contributed by atoms with Crippen molar-refractivity contribution in [3.63, 3.8) is 0 Å². The van der Waals surface area contributed by atoms with Crippen LogP contribution in [0, 0.1) is 0 Å². The summed E-state index contributed by atoms with van der Waals surface area (Å²) in [5.41, 5.74) is 0.743. The fourth-order valence-electron chi connectivity index (χ4n) is 2.40. The molecule has 0 aliphatic carbocycles. The van der Waals surface area contributed by atoms with E-state index in [1.54, 1.807) is 39.0 Å². The lowest BCUT2D eigenvalue weighted by molar-refractivity contribution is -0.140. The van der Waals surface area contributed by atoms with Crippen LogP contribution in [0.5, 0.6) is 0 Å². The van der Waals surface area contributed by atoms with Gasteiger partial charge in [-0.15, -0.1) is 0 Å². The van der Waals surface area contributed by atoms with Crippen molar-refractivity contribution >= 4 is 24.1 Å². The summed E-state index contributed by atoms with van der Waals surface area (Å²) in [6.45, 7) is 5.17. The average molecular weight is 411 g/mol. The smallest absolute Gasteiger partial charge is 0.412 e. The van der Waals surface area contributed by atoms with E-state index in [0.717, 1.165) is 5.56 Å². The standard InChI is InChI=1S/C23H25NO6/c1-23(2,3)30-22(27)24-19(21(26)29-15-16-9-6-5-7-10-16)14-17-11-8-12-18(13-17)20(25)28-4/h5-14H,15H2,1-4H3,(H,24,27). The minimum atomic E-state index is -0.797. The molecule has 0 bridgehead atoms. The number of rotatable bonds is 6. The van der Waals surface area contributed by atoms with Gasteiger partial charge in [-0.25, -0.2) is 14.4 Å². The lowest BCUT2D eigenvalue weighted by Gasteiger charge is -2.20. The van der Waals surface area contributed by atoms with Crippen molar-refractivity contribution in [2.24, 2.45) is 0 Å². The second kappa shape index (κ2) is 10.2. The summed E-state index contributed by atoms with van der Waals surface area (Å²) in [7, 11) is 1.28. The van der Waals surface area contributed by atoms with E-state index in [-0.39, 0.29) is 12.3 Å². The van der Waals surface area contributed by atoms with Crippen LogP contribution in [0.2, 0.25) is 0 Å². The lowest BCUT2D eigenvalue weighted by atomic mass is 10.1. The molecule has 0 spiro atoms. The molecule has 0 aliphatic rings. The quantitative estimate of drug-likeness (QED) is 0.438. The minimum Gasteiger partial charge on any atom is -0.465 e. The molecule has 0 aromatic heterocycles. The Bertz CT molecular complexity index is 928. The highest BCUT2D eigenvalue weighted by Gasteiger charge is 2.21. The van der Waals surface area contributed by atoms with E-state index < -0.39 is 23.6 Å². The van der Waals surface area contributed by atoms with Crippen molar-refractivity contribution in [3.05, 3.63) is 77.0 Å². The maximum absolute atomic E-state index is 12.6. The van der Waals surface area contributed by atoms with Crippen LogP contribution in [-0.2, 0) is 25.6 Å². The summed E-state index contributed by atoms with van der Waals surface area (Å²) in [4.78, 5) is 36.6. The molecule has 0 saturated heterocycles. The largest absolute Gasteiger partial charge is 0.465 e. The van der Waals surface area contributed by atoms with Gasteiger partial charge in [-0.1, -0.05) is 42.5 Å². The number of esters is 2. The Labute approximate surface area is 175 Å². The number of alkyl carbamates (subject to hydrolysis) is 1. The predicted octanol–water partition coefficient (Wildman–Crippen LogP) is 4.08. The Kier molecular flexibility index (Phi) is 7.75. The van der Waals surface area contributed by atoms with E-state index in [2.05, 4.69) is 5.32 Å². The van der Waals surface area contributed by atoms with E-state index >= 15 is 0 Å². The van der Waals surface area contributed by atoms with E-state index in [4.69, 9.17) is 14.2 Å². The third-order valence-electron chi connectivity index (χ3n) is 3.69. The van der Waals surface area contributed by atoms with Gasteiger partial charge in [0.1, 0.15) is 17.9 Å². The number of ether oxygens (including phenoxy) is 3. The van der Waals surface area contributed by atoms with Crippen molar-refractivity contribution in [1.29, 1.82) is 0 Å². The monoisotopic (exact) mass is 411 g/mol. The predicted molar refractivity (Wildman–Crippen MR) is 111 cm³/mol. The Morgan fingerprint density at radius 3 is 2.33 bits per heavy atom. The minimum absolute atomic E-state index is 0.0369. The van der Waals surface area contributed by atoms with Crippen LogP contribution < -0.4 is 5.32 Å². The lowest BCUT2D eigenvalue weighted by Crippen LogP contribution is -2.34. The molecule has 0 radical (unpaired) electrons. The van der Waals surface area contributed by atoms with Gasteiger partial charge in [0.05, 0.1) is 12.7 Å². The number of carbonyl (C=O) groups excluding carboxylic acids is 3. The van der Waals surface area contributed by atoms with Gasteiger partial charge in [0.25, 0.3) is 0 Å². The third-order valence-corrected chi connectivity index (χ3v) is 3.69. The van der Waals surface area contributed by atoms with E-state index in [1.807, 2.05) is 30.3 Å². The van der Waals surface area contributed by atoms with Gasteiger partial charge in [0.2, 0.25) is 0 Å². The van der Waals surface area contributed by atoms with Gasteiger partial charge in [0.15, 0.2) is 0 Å². The summed E-state index contributed by atoms with van der Waals surface area (Å²) in [5.74, 6) is -1.26. The molecule has 2 aromatic rings. The van der Waals surface area contributed by atoms with Crippen LogP contribution in [0.3, 0.4) is 0 Å². The molecule has 2 aromatic carbocycles. The molecule has 0 atom stereocenters.